The van der Waals surface area contributed by atoms with Crippen molar-refractivity contribution < 1.29 is 4.79 Å². The van der Waals surface area contributed by atoms with Crippen LogP contribution in [-0.4, -0.2) is 12.2 Å². The Kier molecular flexibility index (Phi) is 4.13. The Morgan fingerprint density at radius 3 is 2.67 bits per heavy atom. The highest BCUT2D eigenvalue weighted by atomic mass is 32.2. The lowest BCUT2D eigenvalue weighted by Gasteiger charge is -2.11. The number of carbonyl (C=O) groups is 1. The van der Waals surface area contributed by atoms with E-state index >= 15 is 0 Å². The summed E-state index contributed by atoms with van der Waals surface area (Å²) in [5.41, 5.74) is 4.86. The van der Waals surface area contributed by atoms with Gasteiger partial charge in [0.1, 0.15) is 0 Å². The van der Waals surface area contributed by atoms with E-state index in [4.69, 9.17) is 0 Å². The van der Waals surface area contributed by atoms with E-state index in [0.29, 0.717) is 5.56 Å². The molecule has 0 aromatic heterocycles. The van der Waals surface area contributed by atoms with Crippen molar-refractivity contribution in [1.29, 1.82) is 0 Å². The first kappa shape index (κ1) is 14.0. The molecule has 0 bridgehead atoms. The third-order valence-corrected chi connectivity index (χ3v) is 3.91. The molecule has 0 saturated heterocycles. The second-order valence-electron chi connectivity index (χ2n) is 4.89. The number of hydrogen-bond donors (Lipinski definition) is 3. The Hall–Kier alpha value is -1.98. The molecule has 0 atom stereocenters. The van der Waals surface area contributed by atoms with E-state index in [1.54, 1.807) is 0 Å². The lowest BCUT2D eigenvalue weighted by molar-refractivity contribution is 0.102. The maximum atomic E-state index is 12.4. The molecule has 2 aromatic carbocycles. The standard InChI is InChI=1S/C16H17N3OS/c1-21-19-15-5-3-2-4-14(15)18-16(20)11-6-7-12-9-17-10-13(12)8-11/h2-8,17,19H,9-10H2,1H3,(H,18,20). The number of nitrogens with one attached hydrogen (secondary N) is 3. The zero-order chi connectivity index (χ0) is 14.7. The average molecular weight is 299 g/mol. The molecule has 1 heterocycles. The molecule has 0 saturated carbocycles. The topological polar surface area (TPSA) is 53.2 Å². The van der Waals surface area contributed by atoms with Crippen LogP contribution in [-0.2, 0) is 13.1 Å². The Morgan fingerprint density at radius 2 is 1.86 bits per heavy atom. The van der Waals surface area contributed by atoms with E-state index in [0.717, 1.165) is 24.5 Å². The van der Waals surface area contributed by atoms with Gasteiger partial charge in [-0.3, -0.25) is 4.79 Å². The van der Waals surface area contributed by atoms with Crippen molar-refractivity contribution in [1.82, 2.24) is 5.32 Å². The molecule has 1 amide bonds. The van der Waals surface area contributed by atoms with Gasteiger partial charge in [0, 0.05) is 24.9 Å². The third kappa shape index (κ3) is 3.04. The number of anilines is 2. The van der Waals surface area contributed by atoms with E-state index < -0.39 is 0 Å². The monoisotopic (exact) mass is 299 g/mol. The van der Waals surface area contributed by atoms with Gasteiger partial charge in [-0.25, -0.2) is 0 Å². The molecular formula is C16H17N3OS. The van der Waals surface area contributed by atoms with Crippen LogP contribution in [0.15, 0.2) is 42.5 Å². The largest absolute Gasteiger partial charge is 0.328 e. The zero-order valence-electron chi connectivity index (χ0n) is 11.8. The summed E-state index contributed by atoms with van der Waals surface area (Å²) in [6, 6.07) is 13.6. The first-order valence-electron chi connectivity index (χ1n) is 6.80. The van der Waals surface area contributed by atoms with Gasteiger partial charge >= 0.3 is 0 Å². The molecule has 21 heavy (non-hydrogen) atoms. The van der Waals surface area contributed by atoms with E-state index in [2.05, 4.69) is 15.4 Å². The molecule has 3 N–H and O–H groups in total. The molecule has 1 aliphatic rings. The van der Waals surface area contributed by atoms with Gasteiger partial charge in [-0.15, -0.1) is 0 Å². The molecule has 3 rings (SSSR count). The van der Waals surface area contributed by atoms with Crippen LogP contribution in [0.4, 0.5) is 11.4 Å². The predicted molar refractivity (Wildman–Crippen MR) is 88.5 cm³/mol. The SMILES string of the molecule is CSNc1ccccc1NC(=O)c1ccc2c(c1)CNC2. The summed E-state index contributed by atoms with van der Waals surface area (Å²) in [5.74, 6) is -0.0833. The summed E-state index contributed by atoms with van der Waals surface area (Å²) in [4.78, 5) is 12.4. The number of para-hydroxylation sites is 2. The normalized spacial score (nSPS) is 12.8. The molecule has 4 nitrogen and oxygen atoms in total. The summed E-state index contributed by atoms with van der Waals surface area (Å²) < 4.78 is 3.17. The molecule has 2 aromatic rings. The number of rotatable bonds is 4. The van der Waals surface area contributed by atoms with Gasteiger partial charge in [0.05, 0.1) is 11.4 Å². The summed E-state index contributed by atoms with van der Waals surface area (Å²) in [6.45, 7) is 1.72. The maximum absolute atomic E-state index is 12.4. The van der Waals surface area contributed by atoms with Crippen molar-refractivity contribution in [3.8, 4) is 0 Å². The molecule has 0 fully saturated rings. The van der Waals surface area contributed by atoms with Gasteiger partial charge in [-0.2, -0.15) is 0 Å². The second kappa shape index (κ2) is 6.20. The van der Waals surface area contributed by atoms with Crippen molar-refractivity contribution in [2.45, 2.75) is 13.1 Å². The fourth-order valence-electron chi connectivity index (χ4n) is 2.42. The van der Waals surface area contributed by atoms with E-state index in [-0.39, 0.29) is 5.91 Å². The van der Waals surface area contributed by atoms with Crippen molar-refractivity contribution in [3.63, 3.8) is 0 Å². The highest BCUT2D eigenvalue weighted by Gasteiger charge is 2.14. The zero-order valence-corrected chi connectivity index (χ0v) is 12.6. The summed E-state index contributed by atoms with van der Waals surface area (Å²) in [6.07, 6.45) is 1.95. The fourth-order valence-corrected chi connectivity index (χ4v) is 2.82. The molecular weight excluding hydrogens is 282 g/mol. The van der Waals surface area contributed by atoms with Crippen LogP contribution in [0.1, 0.15) is 21.5 Å². The van der Waals surface area contributed by atoms with Gasteiger partial charge in [-0.1, -0.05) is 30.1 Å². The minimum Gasteiger partial charge on any atom is -0.328 e. The van der Waals surface area contributed by atoms with Crippen LogP contribution < -0.4 is 15.4 Å². The number of benzene rings is 2. The highest BCUT2D eigenvalue weighted by molar-refractivity contribution is 7.99. The van der Waals surface area contributed by atoms with Crippen molar-refractivity contribution >= 4 is 29.2 Å². The highest BCUT2D eigenvalue weighted by Crippen LogP contribution is 2.24. The molecule has 0 aliphatic carbocycles. The van der Waals surface area contributed by atoms with Crippen LogP contribution in [0.25, 0.3) is 0 Å². The lowest BCUT2D eigenvalue weighted by Crippen LogP contribution is -2.13. The summed E-state index contributed by atoms with van der Waals surface area (Å²) in [7, 11) is 0. The first-order valence-corrected chi connectivity index (χ1v) is 8.02. The summed E-state index contributed by atoms with van der Waals surface area (Å²) >= 11 is 1.50. The van der Waals surface area contributed by atoms with E-state index in [1.165, 1.54) is 23.1 Å². The predicted octanol–water partition coefficient (Wildman–Crippen LogP) is 3.23. The van der Waals surface area contributed by atoms with Gasteiger partial charge in [-0.05, 0) is 35.4 Å². The van der Waals surface area contributed by atoms with Crippen LogP contribution >= 0.6 is 11.9 Å². The number of fused-ring (bicyclic) bond motifs is 1. The molecule has 108 valence electrons. The van der Waals surface area contributed by atoms with Crippen molar-refractivity contribution in [2.75, 3.05) is 16.3 Å². The lowest BCUT2D eigenvalue weighted by atomic mass is 10.1. The minimum atomic E-state index is -0.0833. The first-order chi connectivity index (χ1) is 10.3. The van der Waals surface area contributed by atoms with E-state index in [1.807, 2.05) is 48.7 Å². The van der Waals surface area contributed by atoms with Crippen molar-refractivity contribution in [2.24, 2.45) is 0 Å². The van der Waals surface area contributed by atoms with Crippen LogP contribution in [0, 0.1) is 0 Å². The Bertz CT molecular complexity index is 672. The van der Waals surface area contributed by atoms with Gasteiger partial charge in [0.15, 0.2) is 0 Å². The van der Waals surface area contributed by atoms with E-state index in [9.17, 15) is 4.79 Å². The summed E-state index contributed by atoms with van der Waals surface area (Å²) in [5, 5.41) is 6.25. The van der Waals surface area contributed by atoms with Crippen LogP contribution in [0.5, 0.6) is 0 Å². The minimum absolute atomic E-state index is 0.0833. The molecule has 0 spiro atoms. The number of hydrogen-bond acceptors (Lipinski definition) is 4. The third-order valence-electron chi connectivity index (χ3n) is 3.49. The van der Waals surface area contributed by atoms with Crippen LogP contribution in [0.2, 0.25) is 0 Å². The van der Waals surface area contributed by atoms with Gasteiger partial charge in [0.2, 0.25) is 0 Å². The smallest absolute Gasteiger partial charge is 0.255 e. The molecule has 0 unspecified atom stereocenters. The van der Waals surface area contributed by atoms with Gasteiger partial charge < -0.3 is 15.4 Å². The molecule has 1 aliphatic heterocycles. The van der Waals surface area contributed by atoms with Gasteiger partial charge in [0.25, 0.3) is 5.91 Å². The number of amides is 1. The fraction of sp³-hybridized carbons (Fsp3) is 0.188. The number of carbonyl (C=O) groups excluding carboxylic acids is 1. The Morgan fingerprint density at radius 1 is 1.10 bits per heavy atom. The molecule has 0 radical (unpaired) electrons. The average Bonchev–Trinajstić information content (AvgIpc) is 2.97. The Labute approximate surface area is 128 Å². The quantitative estimate of drug-likeness (QED) is 0.759. The van der Waals surface area contributed by atoms with Crippen LogP contribution in [0.3, 0.4) is 0 Å². The second-order valence-corrected chi connectivity index (χ2v) is 5.51. The Balaban J connectivity index is 1.80. The van der Waals surface area contributed by atoms with Crippen molar-refractivity contribution in [3.05, 3.63) is 59.2 Å². The maximum Gasteiger partial charge on any atom is 0.255 e. The molecule has 5 heteroatoms.